The summed E-state index contributed by atoms with van der Waals surface area (Å²) in [6.07, 6.45) is 0. The average molecular weight is 324 g/mol. The van der Waals surface area contributed by atoms with Crippen molar-refractivity contribution < 1.29 is 4.79 Å². The Hall–Kier alpha value is -2.96. The lowest BCUT2D eigenvalue weighted by Crippen LogP contribution is -2.23. The predicted octanol–water partition coefficient (Wildman–Crippen LogP) is 1.74. The molecule has 24 heavy (non-hydrogen) atoms. The van der Waals surface area contributed by atoms with Crippen LogP contribution in [0.1, 0.15) is 27.6 Å². The molecule has 7 nitrogen and oxygen atoms in total. The summed E-state index contributed by atoms with van der Waals surface area (Å²) in [4.78, 5) is 23.0. The van der Waals surface area contributed by atoms with E-state index in [-0.39, 0.29) is 12.5 Å². The largest absolute Gasteiger partial charge is 0.378 e. The lowest BCUT2D eigenvalue weighted by atomic mass is 10.2. The summed E-state index contributed by atoms with van der Waals surface area (Å²) in [7, 11) is 3.88. The fourth-order valence-electron chi connectivity index (χ4n) is 2.47. The zero-order valence-corrected chi connectivity index (χ0v) is 14.2. The van der Waals surface area contributed by atoms with Gasteiger partial charge < -0.3 is 10.2 Å². The van der Waals surface area contributed by atoms with E-state index >= 15 is 0 Å². The van der Waals surface area contributed by atoms with Crippen molar-refractivity contribution in [2.24, 2.45) is 0 Å². The summed E-state index contributed by atoms with van der Waals surface area (Å²) >= 11 is 0. The number of aromatic nitrogens is 4. The second-order valence-corrected chi connectivity index (χ2v) is 5.91. The van der Waals surface area contributed by atoms with E-state index in [9.17, 15) is 4.79 Å². The van der Waals surface area contributed by atoms with Crippen LogP contribution in [0.2, 0.25) is 0 Å². The van der Waals surface area contributed by atoms with Gasteiger partial charge in [0.2, 0.25) is 0 Å². The quantitative estimate of drug-likeness (QED) is 0.791. The SMILES string of the molecule is Cc1cc(C)n2nc(CNC(=O)c3cccc(N(C)C)c3)nc2n1. The molecule has 7 heteroatoms. The maximum Gasteiger partial charge on any atom is 0.252 e. The van der Waals surface area contributed by atoms with E-state index in [1.807, 2.05) is 57.1 Å². The van der Waals surface area contributed by atoms with Gasteiger partial charge in [0.15, 0.2) is 5.82 Å². The molecule has 2 heterocycles. The van der Waals surface area contributed by atoms with Crippen molar-refractivity contribution in [1.29, 1.82) is 0 Å². The van der Waals surface area contributed by atoms with Crippen LogP contribution in [0.25, 0.3) is 5.78 Å². The van der Waals surface area contributed by atoms with Gasteiger partial charge in [-0.3, -0.25) is 4.79 Å². The van der Waals surface area contributed by atoms with Gasteiger partial charge in [-0.15, -0.1) is 5.10 Å². The van der Waals surface area contributed by atoms with Gasteiger partial charge in [0.1, 0.15) is 0 Å². The molecular formula is C17H20N6O. The molecule has 0 fully saturated rings. The van der Waals surface area contributed by atoms with Crippen molar-refractivity contribution in [2.75, 3.05) is 19.0 Å². The number of hydrogen-bond donors (Lipinski definition) is 1. The van der Waals surface area contributed by atoms with Crippen LogP contribution in [-0.4, -0.2) is 39.6 Å². The van der Waals surface area contributed by atoms with Crippen molar-refractivity contribution in [2.45, 2.75) is 20.4 Å². The van der Waals surface area contributed by atoms with E-state index in [0.717, 1.165) is 17.1 Å². The Morgan fingerprint density at radius 3 is 2.75 bits per heavy atom. The van der Waals surface area contributed by atoms with Crippen molar-refractivity contribution in [1.82, 2.24) is 24.9 Å². The van der Waals surface area contributed by atoms with Gasteiger partial charge in [-0.05, 0) is 38.1 Å². The molecule has 0 aliphatic heterocycles. The minimum atomic E-state index is -0.154. The second kappa shape index (κ2) is 6.27. The number of carbonyl (C=O) groups is 1. The van der Waals surface area contributed by atoms with Crippen LogP contribution in [0, 0.1) is 13.8 Å². The Kier molecular flexibility index (Phi) is 4.16. The fraction of sp³-hybridized carbons (Fsp3) is 0.294. The van der Waals surface area contributed by atoms with Crippen LogP contribution in [-0.2, 0) is 6.54 Å². The van der Waals surface area contributed by atoms with Crippen molar-refractivity contribution in [3.63, 3.8) is 0 Å². The van der Waals surface area contributed by atoms with Crippen LogP contribution < -0.4 is 10.2 Å². The molecule has 0 aliphatic carbocycles. The van der Waals surface area contributed by atoms with Gasteiger partial charge in [-0.25, -0.2) is 9.50 Å². The monoisotopic (exact) mass is 324 g/mol. The molecule has 0 aliphatic rings. The number of nitrogens with one attached hydrogen (secondary N) is 1. The van der Waals surface area contributed by atoms with Crippen molar-refractivity contribution in [3.05, 3.63) is 53.1 Å². The number of aryl methyl sites for hydroxylation is 2. The molecular weight excluding hydrogens is 304 g/mol. The molecule has 2 aromatic heterocycles. The molecule has 1 amide bonds. The lowest BCUT2D eigenvalue weighted by molar-refractivity contribution is 0.0950. The van der Waals surface area contributed by atoms with Crippen LogP contribution >= 0.6 is 0 Å². The molecule has 0 saturated heterocycles. The molecule has 1 N–H and O–H groups in total. The number of hydrogen-bond acceptors (Lipinski definition) is 5. The summed E-state index contributed by atoms with van der Waals surface area (Å²) in [6, 6.07) is 9.40. The first-order valence-electron chi connectivity index (χ1n) is 7.69. The van der Waals surface area contributed by atoms with Gasteiger partial charge >= 0.3 is 0 Å². The Morgan fingerprint density at radius 2 is 2.00 bits per heavy atom. The van der Waals surface area contributed by atoms with Gasteiger partial charge in [-0.1, -0.05) is 6.07 Å². The number of fused-ring (bicyclic) bond motifs is 1. The van der Waals surface area contributed by atoms with Crippen LogP contribution in [0.3, 0.4) is 0 Å². The van der Waals surface area contributed by atoms with Crippen molar-refractivity contribution >= 4 is 17.4 Å². The number of rotatable bonds is 4. The Balaban J connectivity index is 1.75. The van der Waals surface area contributed by atoms with Crippen LogP contribution in [0.15, 0.2) is 30.3 Å². The maximum atomic E-state index is 12.3. The molecule has 0 bridgehead atoms. The molecule has 124 valence electrons. The van der Waals surface area contributed by atoms with Gasteiger partial charge in [-0.2, -0.15) is 4.98 Å². The first kappa shape index (κ1) is 15.9. The first-order valence-corrected chi connectivity index (χ1v) is 7.69. The number of anilines is 1. The third-order valence-electron chi connectivity index (χ3n) is 3.69. The number of nitrogens with zero attached hydrogens (tertiary/aromatic N) is 5. The highest BCUT2D eigenvalue weighted by Crippen LogP contribution is 2.13. The lowest BCUT2D eigenvalue weighted by Gasteiger charge is -2.13. The van der Waals surface area contributed by atoms with E-state index in [1.165, 1.54) is 0 Å². The Bertz CT molecular complexity index is 899. The Morgan fingerprint density at radius 1 is 1.21 bits per heavy atom. The molecule has 3 aromatic rings. The standard InChI is InChI=1S/C17H20N6O/c1-11-8-12(2)23-17(19-11)20-15(21-23)10-18-16(24)13-6-5-7-14(9-13)22(3)4/h5-9H,10H2,1-4H3,(H,18,24). The normalized spacial score (nSPS) is 10.8. The fourth-order valence-corrected chi connectivity index (χ4v) is 2.47. The number of amides is 1. The summed E-state index contributed by atoms with van der Waals surface area (Å²) in [6.45, 7) is 4.12. The highest BCUT2D eigenvalue weighted by Gasteiger charge is 2.11. The van der Waals surface area contributed by atoms with Crippen LogP contribution in [0.4, 0.5) is 5.69 Å². The van der Waals surface area contributed by atoms with Crippen LogP contribution in [0.5, 0.6) is 0 Å². The minimum absolute atomic E-state index is 0.154. The first-order chi connectivity index (χ1) is 11.4. The van der Waals surface area contributed by atoms with E-state index in [2.05, 4.69) is 20.4 Å². The minimum Gasteiger partial charge on any atom is -0.378 e. The number of benzene rings is 1. The van der Waals surface area contributed by atoms with E-state index < -0.39 is 0 Å². The summed E-state index contributed by atoms with van der Waals surface area (Å²) in [5.41, 5.74) is 3.43. The number of carbonyl (C=O) groups excluding carboxylic acids is 1. The van der Waals surface area contributed by atoms with E-state index in [1.54, 1.807) is 10.6 Å². The zero-order chi connectivity index (χ0) is 17.3. The molecule has 0 atom stereocenters. The third kappa shape index (κ3) is 3.19. The van der Waals surface area contributed by atoms with E-state index in [4.69, 9.17) is 0 Å². The summed E-state index contributed by atoms with van der Waals surface area (Å²) in [5, 5.41) is 7.24. The smallest absolute Gasteiger partial charge is 0.252 e. The molecule has 0 spiro atoms. The van der Waals surface area contributed by atoms with Gasteiger partial charge in [0, 0.05) is 36.7 Å². The summed E-state index contributed by atoms with van der Waals surface area (Å²) < 4.78 is 1.68. The molecule has 0 unspecified atom stereocenters. The molecule has 3 rings (SSSR count). The summed E-state index contributed by atoms with van der Waals surface area (Å²) in [5.74, 6) is 0.929. The maximum absolute atomic E-state index is 12.3. The highest BCUT2D eigenvalue weighted by atomic mass is 16.1. The molecule has 1 aromatic carbocycles. The van der Waals surface area contributed by atoms with E-state index in [0.29, 0.717) is 17.2 Å². The Labute approximate surface area is 140 Å². The highest BCUT2D eigenvalue weighted by molar-refractivity contribution is 5.95. The van der Waals surface area contributed by atoms with Gasteiger partial charge in [0.05, 0.1) is 6.54 Å². The second-order valence-electron chi connectivity index (χ2n) is 5.91. The molecule has 0 radical (unpaired) electrons. The van der Waals surface area contributed by atoms with Crippen molar-refractivity contribution in [3.8, 4) is 0 Å². The topological polar surface area (TPSA) is 75.4 Å². The average Bonchev–Trinajstić information content (AvgIpc) is 2.96. The van der Waals surface area contributed by atoms with Gasteiger partial charge in [0.25, 0.3) is 11.7 Å². The predicted molar refractivity (Wildman–Crippen MR) is 92.2 cm³/mol. The third-order valence-corrected chi connectivity index (χ3v) is 3.69. The zero-order valence-electron chi connectivity index (χ0n) is 14.2. The molecule has 0 saturated carbocycles.